The van der Waals surface area contributed by atoms with Crippen molar-refractivity contribution in [3.05, 3.63) is 36.7 Å². The van der Waals surface area contributed by atoms with Crippen LogP contribution >= 0.6 is 0 Å². The summed E-state index contributed by atoms with van der Waals surface area (Å²) in [4.78, 5) is 26.3. The quantitative estimate of drug-likeness (QED) is 0.886. The smallest absolute Gasteiger partial charge is 0.237 e. The molecule has 7 nitrogen and oxygen atoms in total. The highest BCUT2D eigenvalue weighted by atomic mass is 16.1. The first-order valence-corrected chi connectivity index (χ1v) is 7.05. The summed E-state index contributed by atoms with van der Waals surface area (Å²) in [6, 6.07) is 1.81. The molecule has 1 unspecified atom stereocenters. The highest BCUT2D eigenvalue weighted by Crippen LogP contribution is 2.27. The summed E-state index contributed by atoms with van der Waals surface area (Å²) >= 11 is 0. The van der Waals surface area contributed by atoms with E-state index in [0.717, 1.165) is 37.7 Å². The summed E-state index contributed by atoms with van der Waals surface area (Å²) in [7, 11) is 0. The first-order chi connectivity index (χ1) is 10.2. The standard InChI is InChI=1S/C14H18N6O/c15-12(21)10-19-8-6-16-13(19)11-3-1-7-20(9-11)14-17-4-2-5-18-14/h2,4-6,8,11H,1,3,7,9-10H2,(H2,15,21). The predicted molar refractivity (Wildman–Crippen MR) is 77.6 cm³/mol. The van der Waals surface area contributed by atoms with Gasteiger partial charge in [0.15, 0.2) is 0 Å². The second kappa shape index (κ2) is 5.90. The number of amides is 1. The lowest BCUT2D eigenvalue weighted by atomic mass is 9.97. The number of hydrogen-bond donors (Lipinski definition) is 1. The molecule has 1 fully saturated rings. The molecule has 0 aliphatic carbocycles. The van der Waals surface area contributed by atoms with Crippen molar-refractivity contribution < 1.29 is 4.79 Å². The van der Waals surface area contributed by atoms with Gasteiger partial charge in [0.05, 0.1) is 0 Å². The van der Waals surface area contributed by atoms with Gasteiger partial charge >= 0.3 is 0 Å². The number of nitrogens with two attached hydrogens (primary N) is 1. The van der Waals surface area contributed by atoms with E-state index in [1.165, 1.54) is 0 Å². The van der Waals surface area contributed by atoms with Crippen molar-refractivity contribution in [2.45, 2.75) is 25.3 Å². The van der Waals surface area contributed by atoms with E-state index in [1.807, 2.05) is 10.6 Å². The number of anilines is 1. The Hall–Kier alpha value is -2.44. The minimum Gasteiger partial charge on any atom is -0.368 e. The van der Waals surface area contributed by atoms with Crippen LogP contribution < -0.4 is 10.6 Å². The first-order valence-electron chi connectivity index (χ1n) is 7.05. The van der Waals surface area contributed by atoms with Crippen molar-refractivity contribution in [2.24, 2.45) is 5.73 Å². The van der Waals surface area contributed by atoms with Gasteiger partial charge in [-0.1, -0.05) is 0 Å². The normalized spacial score (nSPS) is 18.7. The van der Waals surface area contributed by atoms with Gasteiger partial charge in [0, 0.05) is 43.8 Å². The van der Waals surface area contributed by atoms with Gasteiger partial charge in [0.25, 0.3) is 0 Å². The number of carbonyl (C=O) groups is 1. The van der Waals surface area contributed by atoms with Gasteiger partial charge in [-0.05, 0) is 18.9 Å². The molecule has 110 valence electrons. The molecule has 3 heterocycles. The fraction of sp³-hybridized carbons (Fsp3) is 0.429. The summed E-state index contributed by atoms with van der Waals surface area (Å²) < 4.78 is 1.84. The molecule has 1 saturated heterocycles. The molecule has 2 aromatic heterocycles. The van der Waals surface area contributed by atoms with E-state index < -0.39 is 0 Å². The van der Waals surface area contributed by atoms with Crippen molar-refractivity contribution in [2.75, 3.05) is 18.0 Å². The first kappa shape index (κ1) is 13.5. The van der Waals surface area contributed by atoms with Crippen LogP contribution in [0.4, 0.5) is 5.95 Å². The number of primary amides is 1. The van der Waals surface area contributed by atoms with Crippen LogP contribution in [0.2, 0.25) is 0 Å². The zero-order chi connectivity index (χ0) is 14.7. The lowest BCUT2D eigenvalue weighted by Gasteiger charge is -2.32. The summed E-state index contributed by atoms with van der Waals surface area (Å²) in [6.45, 7) is 1.92. The van der Waals surface area contributed by atoms with Crippen LogP contribution in [-0.4, -0.2) is 38.5 Å². The van der Waals surface area contributed by atoms with E-state index in [2.05, 4.69) is 19.9 Å². The fourth-order valence-corrected chi connectivity index (χ4v) is 2.81. The summed E-state index contributed by atoms with van der Waals surface area (Å²) in [5, 5.41) is 0. The summed E-state index contributed by atoms with van der Waals surface area (Å²) in [5.74, 6) is 1.56. The SMILES string of the molecule is NC(=O)Cn1ccnc1C1CCCN(c2ncccn2)C1. The van der Waals surface area contributed by atoms with E-state index in [0.29, 0.717) is 0 Å². The summed E-state index contributed by atoms with van der Waals surface area (Å²) in [5.41, 5.74) is 5.28. The maximum absolute atomic E-state index is 11.1. The number of carbonyl (C=O) groups excluding carboxylic acids is 1. The molecule has 0 bridgehead atoms. The largest absolute Gasteiger partial charge is 0.368 e. The number of nitrogens with zero attached hydrogens (tertiary/aromatic N) is 5. The molecule has 0 radical (unpaired) electrons. The van der Waals surface area contributed by atoms with E-state index in [9.17, 15) is 4.79 Å². The molecular weight excluding hydrogens is 268 g/mol. The maximum atomic E-state index is 11.1. The number of imidazole rings is 1. The van der Waals surface area contributed by atoms with Gasteiger partial charge < -0.3 is 15.2 Å². The number of rotatable bonds is 4. The third-order valence-electron chi connectivity index (χ3n) is 3.70. The van der Waals surface area contributed by atoms with Crippen LogP contribution in [0.1, 0.15) is 24.6 Å². The van der Waals surface area contributed by atoms with Crippen LogP contribution in [0.5, 0.6) is 0 Å². The Morgan fingerprint density at radius 1 is 1.29 bits per heavy atom. The van der Waals surface area contributed by atoms with E-state index >= 15 is 0 Å². The van der Waals surface area contributed by atoms with Gasteiger partial charge in [-0.25, -0.2) is 15.0 Å². The van der Waals surface area contributed by atoms with Crippen molar-refractivity contribution in [3.8, 4) is 0 Å². The molecule has 0 saturated carbocycles. The molecular formula is C14H18N6O. The number of aromatic nitrogens is 4. The minimum atomic E-state index is -0.353. The zero-order valence-corrected chi connectivity index (χ0v) is 11.7. The summed E-state index contributed by atoms with van der Waals surface area (Å²) in [6.07, 6.45) is 9.11. The van der Waals surface area contributed by atoms with Crippen LogP contribution in [0.25, 0.3) is 0 Å². The lowest BCUT2D eigenvalue weighted by Crippen LogP contribution is -2.36. The molecule has 2 N–H and O–H groups in total. The number of hydrogen-bond acceptors (Lipinski definition) is 5. The Kier molecular flexibility index (Phi) is 3.81. The zero-order valence-electron chi connectivity index (χ0n) is 11.7. The van der Waals surface area contributed by atoms with Gasteiger partial charge in [-0.2, -0.15) is 0 Å². The highest BCUT2D eigenvalue weighted by molar-refractivity contribution is 5.73. The van der Waals surface area contributed by atoms with Crippen molar-refractivity contribution in [1.82, 2.24) is 19.5 Å². The Balaban J connectivity index is 1.77. The van der Waals surface area contributed by atoms with Crippen LogP contribution in [0, 0.1) is 0 Å². The van der Waals surface area contributed by atoms with Gasteiger partial charge in [-0.15, -0.1) is 0 Å². The highest BCUT2D eigenvalue weighted by Gasteiger charge is 2.26. The third kappa shape index (κ3) is 3.01. The van der Waals surface area contributed by atoms with Gasteiger partial charge in [0.2, 0.25) is 11.9 Å². The topological polar surface area (TPSA) is 89.9 Å². The maximum Gasteiger partial charge on any atom is 0.237 e. The van der Waals surface area contributed by atoms with Gasteiger partial charge in [0.1, 0.15) is 12.4 Å². The minimum absolute atomic E-state index is 0.174. The molecule has 2 aromatic rings. The van der Waals surface area contributed by atoms with Crippen LogP contribution in [-0.2, 0) is 11.3 Å². The Bertz CT molecular complexity index is 611. The second-order valence-corrected chi connectivity index (χ2v) is 5.21. The van der Waals surface area contributed by atoms with Crippen LogP contribution in [0.3, 0.4) is 0 Å². The molecule has 3 rings (SSSR count). The third-order valence-corrected chi connectivity index (χ3v) is 3.70. The molecule has 0 spiro atoms. The molecule has 1 aliphatic rings. The average Bonchev–Trinajstić information content (AvgIpc) is 2.96. The molecule has 7 heteroatoms. The fourth-order valence-electron chi connectivity index (χ4n) is 2.81. The lowest BCUT2D eigenvalue weighted by molar-refractivity contribution is -0.118. The van der Waals surface area contributed by atoms with E-state index in [1.54, 1.807) is 24.8 Å². The molecule has 1 atom stereocenters. The van der Waals surface area contributed by atoms with Crippen molar-refractivity contribution in [3.63, 3.8) is 0 Å². The molecule has 21 heavy (non-hydrogen) atoms. The Morgan fingerprint density at radius 3 is 2.86 bits per heavy atom. The predicted octanol–water partition coefficient (Wildman–Crippen LogP) is 0.542. The number of piperidine rings is 1. The Labute approximate surface area is 122 Å². The molecule has 0 aromatic carbocycles. The average molecular weight is 286 g/mol. The molecule has 1 aliphatic heterocycles. The van der Waals surface area contributed by atoms with Crippen molar-refractivity contribution in [1.29, 1.82) is 0 Å². The van der Waals surface area contributed by atoms with Crippen LogP contribution in [0.15, 0.2) is 30.9 Å². The monoisotopic (exact) mass is 286 g/mol. The second-order valence-electron chi connectivity index (χ2n) is 5.21. The van der Waals surface area contributed by atoms with E-state index in [4.69, 9.17) is 5.73 Å². The Morgan fingerprint density at radius 2 is 2.10 bits per heavy atom. The molecule has 1 amide bonds. The van der Waals surface area contributed by atoms with Crippen molar-refractivity contribution >= 4 is 11.9 Å². The van der Waals surface area contributed by atoms with E-state index in [-0.39, 0.29) is 18.4 Å². The van der Waals surface area contributed by atoms with Gasteiger partial charge in [-0.3, -0.25) is 4.79 Å².